The third kappa shape index (κ3) is 14.7. The predicted octanol–water partition coefficient (Wildman–Crippen LogP) is 24.5. The van der Waals surface area contributed by atoms with E-state index in [0.29, 0.717) is 0 Å². The Labute approximate surface area is 683 Å². The SMILES string of the molecule is Brc1ccc(-c2cccc3c2oc2ccccc23)cc1.[HH].c1ccc(-c2ccc(N(c3ccc(-c4cccc5c4oc4ccccc45)cc3)c3ccc([Si](c4ccccc4)(c4ccccc4)c4ccccc4)cc3)cc2)cc1.c1ccc(-c2ccc(Nc3ccc([Si](c4ccccc4)(c4ccccc4)c4ccccc4)cc3)cc2)cc1. The highest BCUT2D eigenvalue weighted by Gasteiger charge is 2.43. The number of benzene rings is 18. The van der Waals surface area contributed by atoms with E-state index >= 15 is 0 Å². The van der Waals surface area contributed by atoms with Gasteiger partial charge in [-0.3, -0.25) is 0 Å². The first-order chi connectivity index (χ1) is 56.9. The highest BCUT2D eigenvalue weighted by atomic mass is 79.9. The number of hydrogen-bond acceptors (Lipinski definition) is 4. The lowest BCUT2D eigenvalue weighted by molar-refractivity contribution is 0.669. The first kappa shape index (κ1) is 72.6. The third-order valence-corrected chi connectivity index (χ3v) is 32.2. The van der Waals surface area contributed by atoms with Gasteiger partial charge >= 0.3 is 0 Å². The van der Waals surface area contributed by atoms with Crippen LogP contribution in [0.15, 0.2) is 486 Å². The Morgan fingerprint density at radius 3 is 0.800 bits per heavy atom. The molecule has 0 aliphatic rings. The number of nitrogens with one attached hydrogen (secondary N) is 1. The van der Waals surface area contributed by atoms with E-state index in [4.69, 9.17) is 8.83 Å². The molecule has 0 bridgehead atoms. The summed E-state index contributed by atoms with van der Waals surface area (Å²) in [4.78, 5) is 2.36. The summed E-state index contributed by atoms with van der Waals surface area (Å²) in [5.74, 6) is 0. The van der Waals surface area contributed by atoms with Gasteiger partial charge in [-0.05, 0) is 160 Å². The van der Waals surface area contributed by atoms with Gasteiger partial charge in [0.15, 0.2) is 16.1 Å². The van der Waals surface area contributed by atoms with Crippen molar-refractivity contribution in [3.63, 3.8) is 0 Å². The molecule has 20 rings (SSSR count). The van der Waals surface area contributed by atoms with Crippen molar-refractivity contribution in [2.75, 3.05) is 10.2 Å². The fourth-order valence-electron chi connectivity index (χ4n) is 16.6. The van der Waals surface area contributed by atoms with Crippen LogP contribution in [0.4, 0.5) is 28.4 Å². The van der Waals surface area contributed by atoms with Gasteiger partial charge in [0.2, 0.25) is 0 Å². The number of halogens is 1. The molecular weight excluding hydrogens is 1490 g/mol. The Bertz CT molecular complexity index is 6420. The highest BCUT2D eigenvalue weighted by Crippen LogP contribution is 2.41. The minimum absolute atomic E-state index is 0. The summed E-state index contributed by atoms with van der Waals surface area (Å²) in [7, 11) is -5.16. The number of furan rings is 2. The molecule has 20 aromatic rings. The smallest absolute Gasteiger partial charge is 0.179 e. The monoisotopic (exact) mass is 1570 g/mol. The molecule has 0 unspecified atom stereocenters. The maximum atomic E-state index is 6.43. The minimum Gasteiger partial charge on any atom is -0.455 e. The van der Waals surface area contributed by atoms with Crippen LogP contribution in [-0.2, 0) is 0 Å². The Kier molecular flexibility index (Phi) is 20.9. The summed E-state index contributed by atoms with van der Waals surface area (Å²) < 4.78 is 13.6. The van der Waals surface area contributed by atoms with Crippen molar-refractivity contribution in [2.24, 2.45) is 0 Å². The van der Waals surface area contributed by atoms with Crippen LogP contribution in [0.1, 0.15) is 1.43 Å². The fraction of sp³-hybridized carbons (Fsp3) is 0. The van der Waals surface area contributed by atoms with Crippen molar-refractivity contribution in [1.82, 2.24) is 0 Å². The molecule has 1 N–H and O–H groups in total. The quantitative estimate of drug-likeness (QED) is 0.0729. The molecule has 0 amide bonds. The zero-order valence-electron chi connectivity index (χ0n) is 63.2. The zero-order chi connectivity index (χ0) is 77.2. The molecule has 0 aliphatic heterocycles. The predicted molar refractivity (Wildman–Crippen MR) is 497 cm³/mol. The number of anilines is 5. The maximum Gasteiger partial charge on any atom is 0.179 e. The van der Waals surface area contributed by atoms with E-state index in [2.05, 4.69) is 463 Å². The molecule has 4 nitrogen and oxygen atoms in total. The Morgan fingerprint density at radius 2 is 0.452 bits per heavy atom. The molecule has 115 heavy (non-hydrogen) atoms. The van der Waals surface area contributed by atoms with Gasteiger partial charge in [-0.2, -0.15) is 0 Å². The van der Waals surface area contributed by atoms with Crippen LogP contribution in [-0.4, -0.2) is 16.1 Å². The van der Waals surface area contributed by atoms with E-state index in [0.717, 1.165) is 88.3 Å². The van der Waals surface area contributed by atoms with Crippen LogP contribution < -0.4 is 51.7 Å². The van der Waals surface area contributed by atoms with Crippen LogP contribution in [0.2, 0.25) is 0 Å². The molecular formula is C108H81BrN2O2Si2. The summed E-state index contributed by atoms with van der Waals surface area (Å²) in [5.41, 5.74) is 18.5. The Balaban J connectivity index is 0.000000140. The van der Waals surface area contributed by atoms with E-state index < -0.39 is 16.1 Å². The summed E-state index contributed by atoms with van der Waals surface area (Å²) in [6, 6.07) is 170. The zero-order valence-corrected chi connectivity index (χ0v) is 66.8. The van der Waals surface area contributed by atoms with E-state index in [1.54, 1.807) is 0 Å². The Morgan fingerprint density at radius 1 is 0.209 bits per heavy atom. The molecule has 0 fully saturated rings. The van der Waals surface area contributed by atoms with Crippen LogP contribution >= 0.6 is 15.9 Å². The molecule has 0 atom stereocenters. The van der Waals surface area contributed by atoms with Gasteiger partial charge < -0.3 is 19.1 Å². The summed E-state index contributed by atoms with van der Waals surface area (Å²) in [6.45, 7) is 0. The molecule has 2 heterocycles. The van der Waals surface area contributed by atoms with Crippen molar-refractivity contribution < 1.29 is 10.3 Å². The second-order valence-electron chi connectivity index (χ2n) is 28.8. The average molecular weight is 1570 g/mol. The van der Waals surface area contributed by atoms with Gasteiger partial charge in [0.25, 0.3) is 0 Å². The van der Waals surface area contributed by atoms with Crippen molar-refractivity contribution in [3.05, 3.63) is 478 Å². The molecule has 0 spiro atoms. The van der Waals surface area contributed by atoms with Gasteiger partial charge in [-0.15, -0.1) is 0 Å². The summed E-state index contributed by atoms with van der Waals surface area (Å²) in [6.07, 6.45) is 0. The second kappa shape index (κ2) is 33.2. The lowest BCUT2D eigenvalue weighted by Gasteiger charge is -2.35. The van der Waals surface area contributed by atoms with Gasteiger partial charge in [-0.25, -0.2) is 0 Å². The molecule has 18 aromatic carbocycles. The summed E-state index contributed by atoms with van der Waals surface area (Å²) >= 11 is 3.47. The van der Waals surface area contributed by atoms with Crippen molar-refractivity contribution in [1.29, 1.82) is 0 Å². The molecule has 0 aliphatic carbocycles. The van der Waals surface area contributed by atoms with Gasteiger partial charge in [0.1, 0.15) is 22.3 Å². The van der Waals surface area contributed by atoms with Crippen LogP contribution in [0.25, 0.3) is 88.4 Å². The topological polar surface area (TPSA) is 41.6 Å². The first-order valence-corrected chi connectivity index (χ1v) is 43.8. The number of rotatable bonds is 17. The number of nitrogens with zero attached hydrogens (tertiary/aromatic N) is 1. The number of fused-ring (bicyclic) bond motifs is 6. The lowest BCUT2D eigenvalue weighted by Crippen LogP contribution is -2.74. The molecule has 0 radical (unpaired) electrons. The number of para-hydroxylation sites is 4. The minimum atomic E-state index is -2.67. The third-order valence-electron chi connectivity index (χ3n) is 22.0. The molecule has 2 aromatic heterocycles. The maximum absolute atomic E-state index is 6.43. The summed E-state index contributed by atoms with van der Waals surface area (Å²) in [5, 5.41) is 19.1. The normalized spacial score (nSPS) is 11.3. The standard InChI is InChI=1S/C54H39NOSi.C36H29NSi.C18H11BrO.H2/c1-5-16-40(17-6-1)41-28-32-43(33-29-41)55(44-34-30-42(31-35-44)50-25-15-26-52-51-24-13-14-27-53(51)56-54(50)52)45-36-38-49(39-37-45)57(46-18-7-2-8-19-46,47-20-9-3-10-21-47)48-22-11-4-12-23-48;1-5-13-29(14-6-1)30-21-23-31(24-22-30)37-32-25-27-36(28-26-32)38(33-15-7-2-8-16-33,34-17-9-3-10-18-34)35-19-11-4-12-20-35;19-13-10-8-12(9-11-13)14-5-3-6-16-15-4-1-2-7-17(15)20-18(14)16;/h1-39H;1-28,37H;1-11H;1H. The van der Waals surface area contributed by atoms with E-state index in [1.807, 2.05) is 36.4 Å². The largest absolute Gasteiger partial charge is 0.455 e. The van der Waals surface area contributed by atoms with E-state index in [9.17, 15) is 0 Å². The van der Waals surface area contributed by atoms with Crippen LogP contribution in [0, 0.1) is 0 Å². The van der Waals surface area contributed by atoms with Crippen molar-refractivity contribution in [2.45, 2.75) is 0 Å². The van der Waals surface area contributed by atoms with Crippen molar-refractivity contribution in [3.8, 4) is 44.5 Å². The van der Waals surface area contributed by atoms with Gasteiger partial charge in [-0.1, -0.05) is 404 Å². The van der Waals surface area contributed by atoms with Crippen LogP contribution in [0.3, 0.4) is 0 Å². The lowest BCUT2D eigenvalue weighted by atomic mass is 10.0. The average Bonchev–Trinajstić information content (AvgIpc) is 1.11. The first-order valence-electron chi connectivity index (χ1n) is 39.0. The fourth-order valence-corrected chi connectivity index (χ4v) is 26.3. The number of hydrogen-bond donors (Lipinski definition) is 1. The van der Waals surface area contributed by atoms with Gasteiger partial charge in [0.05, 0.1) is 0 Å². The second-order valence-corrected chi connectivity index (χ2v) is 37.3. The Hall–Kier alpha value is -13.9. The van der Waals surface area contributed by atoms with E-state index in [1.165, 1.54) is 74.5 Å². The molecule has 550 valence electrons. The molecule has 0 saturated heterocycles. The highest BCUT2D eigenvalue weighted by molar-refractivity contribution is 9.10. The van der Waals surface area contributed by atoms with Crippen molar-refractivity contribution >= 4 is 146 Å². The van der Waals surface area contributed by atoms with Crippen LogP contribution in [0.5, 0.6) is 0 Å². The van der Waals surface area contributed by atoms with Gasteiger partial charge in [0, 0.05) is 67.0 Å². The molecule has 0 saturated carbocycles. The molecule has 7 heteroatoms. The van der Waals surface area contributed by atoms with E-state index in [-0.39, 0.29) is 1.43 Å².